The molecule has 0 fully saturated rings. The van der Waals surface area contributed by atoms with Gasteiger partial charge < -0.3 is 14.5 Å². The predicted molar refractivity (Wildman–Crippen MR) is 73.0 cm³/mol. The highest BCUT2D eigenvalue weighted by atomic mass is 16.5. The van der Waals surface area contributed by atoms with E-state index >= 15 is 0 Å². The van der Waals surface area contributed by atoms with Crippen molar-refractivity contribution in [3.05, 3.63) is 40.8 Å². The number of benzene rings is 1. The minimum atomic E-state index is -0.162. The predicted octanol–water partition coefficient (Wildman–Crippen LogP) is 2.09. The van der Waals surface area contributed by atoms with Crippen LogP contribution < -0.4 is 15.0 Å². The van der Waals surface area contributed by atoms with Gasteiger partial charge in [0.1, 0.15) is 5.75 Å². The Hall–Kier alpha value is -2.56. The molecule has 0 bridgehead atoms. The fourth-order valence-electron chi connectivity index (χ4n) is 2.15. The van der Waals surface area contributed by atoms with Crippen LogP contribution in [0.15, 0.2) is 35.3 Å². The molecule has 0 aliphatic carbocycles. The first-order valence-corrected chi connectivity index (χ1v) is 5.77. The van der Waals surface area contributed by atoms with Crippen molar-refractivity contribution in [2.45, 2.75) is 0 Å². The van der Waals surface area contributed by atoms with Crippen molar-refractivity contribution in [1.82, 2.24) is 9.97 Å². The Balaban J connectivity index is 2.52. The normalized spacial score (nSPS) is 10.8. The van der Waals surface area contributed by atoms with Crippen LogP contribution in [0.1, 0.15) is 0 Å². The van der Waals surface area contributed by atoms with Gasteiger partial charge in [-0.15, -0.1) is 0 Å². The molecule has 0 aliphatic heterocycles. The quantitative estimate of drug-likeness (QED) is 0.713. The summed E-state index contributed by atoms with van der Waals surface area (Å²) in [4.78, 5) is 18.6. The van der Waals surface area contributed by atoms with E-state index in [0.717, 1.165) is 27.4 Å². The molecule has 0 radical (unpaired) electrons. The molecule has 3 rings (SSSR count). The Bertz CT molecular complexity index is 824. The van der Waals surface area contributed by atoms with E-state index < -0.39 is 0 Å². The summed E-state index contributed by atoms with van der Waals surface area (Å²) in [5, 5.41) is 2.42. The van der Waals surface area contributed by atoms with Crippen LogP contribution in [0.3, 0.4) is 0 Å². The number of H-pyrrole nitrogens is 1. The maximum absolute atomic E-state index is 11.5. The zero-order valence-corrected chi connectivity index (χ0v) is 10.6. The van der Waals surface area contributed by atoms with Crippen molar-refractivity contribution < 1.29 is 9.47 Å². The summed E-state index contributed by atoms with van der Waals surface area (Å²) in [5.74, 6) is 1.21. The second-order valence-corrected chi connectivity index (χ2v) is 4.13. The molecule has 2 heterocycles. The minimum absolute atomic E-state index is 0.162. The molecule has 96 valence electrons. The molecule has 5 heteroatoms. The van der Waals surface area contributed by atoms with Gasteiger partial charge >= 0.3 is 0 Å². The van der Waals surface area contributed by atoms with E-state index in [0.29, 0.717) is 5.88 Å². The fourth-order valence-corrected chi connectivity index (χ4v) is 2.15. The van der Waals surface area contributed by atoms with Crippen LogP contribution in [-0.2, 0) is 0 Å². The topological polar surface area (TPSA) is 64.2 Å². The van der Waals surface area contributed by atoms with E-state index in [2.05, 4.69) is 9.97 Å². The number of nitrogens with one attached hydrogen (secondary N) is 1. The van der Waals surface area contributed by atoms with Gasteiger partial charge in [-0.25, -0.2) is 4.98 Å². The van der Waals surface area contributed by atoms with Crippen molar-refractivity contribution in [1.29, 1.82) is 0 Å². The van der Waals surface area contributed by atoms with Crippen molar-refractivity contribution in [3.8, 4) is 11.6 Å². The first-order chi connectivity index (χ1) is 9.22. The molecule has 0 saturated heterocycles. The van der Waals surface area contributed by atoms with Crippen LogP contribution in [0.25, 0.3) is 21.7 Å². The van der Waals surface area contributed by atoms with Crippen molar-refractivity contribution in [2.24, 2.45) is 0 Å². The number of hydrogen-bond donors (Lipinski definition) is 1. The van der Waals surface area contributed by atoms with Gasteiger partial charge in [0.2, 0.25) is 11.4 Å². The fraction of sp³-hybridized carbons (Fsp3) is 0.143. The average molecular weight is 256 g/mol. The largest absolute Gasteiger partial charge is 0.497 e. The van der Waals surface area contributed by atoms with E-state index in [4.69, 9.17) is 9.47 Å². The van der Waals surface area contributed by atoms with Crippen LogP contribution in [0, 0.1) is 0 Å². The SMILES string of the molecule is COc1ccc2nc(OC)c3c[nH]c(=O)cc3c2c1. The van der Waals surface area contributed by atoms with Gasteiger partial charge in [-0.1, -0.05) is 0 Å². The van der Waals surface area contributed by atoms with E-state index in [1.165, 1.54) is 0 Å². The highest BCUT2D eigenvalue weighted by molar-refractivity contribution is 6.07. The molecule has 0 atom stereocenters. The maximum atomic E-state index is 11.5. The highest BCUT2D eigenvalue weighted by Crippen LogP contribution is 2.31. The Morgan fingerprint density at radius 1 is 1.05 bits per heavy atom. The Kier molecular flexibility index (Phi) is 2.59. The third kappa shape index (κ3) is 1.79. The maximum Gasteiger partial charge on any atom is 0.248 e. The van der Waals surface area contributed by atoms with Crippen LogP contribution in [-0.4, -0.2) is 24.2 Å². The van der Waals surface area contributed by atoms with E-state index in [-0.39, 0.29) is 5.56 Å². The number of hydrogen-bond acceptors (Lipinski definition) is 4. The second-order valence-electron chi connectivity index (χ2n) is 4.13. The summed E-state index contributed by atoms with van der Waals surface area (Å²) in [7, 11) is 3.16. The van der Waals surface area contributed by atoms with Crippen LogP contribution in [0.4, 0.5) is 0 Å². The van der Waals surface area contributed by atoms with Gasteiger partial charge in [0.05, 0.1) is 25.1 Å². The number of fused-ring (bicyclic) bond motifs is 3. The molecule has 19 heavy (non-hydrogen) atoms. The number of aromatic amines is 1. The number of methoxy groups -OCH3 is 2. The summed E-state index contributed by atoms with van der Waals surface area (Å²) >= 11 is 0. The monoisotopic (exact) mass is 256 g/mol. The lowest BCUT2D eigenvalue weighted by molar-refractivity contribution is 0.404. The van der Waals surface area contributed by atoms with Crippen molar-refractivity contribution >= 4 is 21.7 Å². The van der Waals surface area contributed by atoms with Gasteiger partial charge in [-0.3, -0.25) is 4.79 Å². The number of rotatable bonds is 2. The van der Waals surface area contributed by atoms with Crippen LogP contribution in [0.5, 0.6) is 11.6 Å². The summed E-state index contributed by atoms with van der Waals surface area (Å²) in [6.07, 6.45) is 1.61. The molecule has 0 saturated carbocycles. The lowest BCUT2D eigenvalue weighted by atomic mass is 10.1. The third-order valence-corrected chi connectivity index (χ3v) is 3.06. The smallest absolute Gasteiger partial charge is 0.248 e. The number of ether oxygens (including phenoxy) is 2. The Morgan fingerprint density at radius 2 is 1.89 bits per heavy atom. The zero-order valence-electron chi connectivity index (χ0n) is 10.6. The Labute approximate surface area is 108 Å². The molecule has 0 unspecified atom stereocenters. The summed E-state index contributed by atoms with van der Waals surface area (Å²) in [6.45, 7) is 0. The number of pyridine rings is 2. The molecule has 0 amide bonds. The standard InChI is InChI=1S/C14H12N2O3/c1-18-8-3-4-12-10(5-8)9-6-13(17)15-7-11(9)14(16-12)19-2/h3-7H,1-2H3,(H,15,17). The Morgan fingerprint density at radius 3 is 2.63 bits per heavy atom. The lowest BCUT2D eigenvalue weighted by Gasteiger charge is -2.09. The van der Waals surface area contributed by atoms with Crippen LogP contribution in [0.2, 0.25) is 0 Å². The molecule has 3 aromatic rings. The first-order valence-electron chi connectivity index (χ1n) is 5.77. The molecule has 2 aromatic heterocycles. The van der Waals surface area contributed by atoms with Crippen molar-refractivity contribution in [3.63, 3.8) is 0 Å². The molecule has 1 aromatic carbocycles. The highest BCUT2D eigenvalue weighted by Gasteiger charge is 2.10. The van der Waals surface area contributed by atoms with Crippen molar-refractivity contribution in [2.75, 3.05) is 14.2 Å². The number of aromatic nitrogens is 2. The van der Waals surface area contributed by atoms with Gasteiger partial charge in [0.25, 0.3) is 0 Å². The molecular formula is C14H12N2O3. The zero-order chi connectivity index (χ0) is 13.4. The first kappa shape index (κ1) is 11.5. The van der Waals surface area contributed by atoms with Crippen LogP contribution >= 0.6 is 0 Å². The van der Waals surface area contributed by atoms with E-state index in [9.17, 15) is 4.79 Å². The number of nitrogens with zero attached hydrogens (tertiary/aromatic N) is 1. The second kappa shape index (κ2) is 4.28. The van der Waals surface area contributed by atoms with Gasteiger partial charge in [0.15, 0.2) is 0 Å². The van der Waals surface area contributed by atoms with Gasteiger partial charge in [-0.05, 0) is 18.2 Å². The van der Waals surface area contributed by atoms with E-state index in [1.54, 1.807) is 26.5 Å². The van der Waals surface area contributed by atoms with E-state index in [1.807, 2.05) is 18.2 Å². The van der Waals surface area contributed by atoms with Gasteiger partial charge in [0, 0.05) is 23.0 Å². The molecular weight excluding hydrogens is 244 g/mol. The molecule has 0 spiro atoms. The summed E-state index contributed by atoms with van der Waals surface area (Å²) < 4.78 is 10.5. The summed E-state index contributed by atoms with van der Waals surface area (Å²) in [6, 6.07) is 7.08. The summed E-state index contributed by atoms with van der Waals surface area (Å²) in [5.41, 5.74) is 0.598. The lowest BCUT2D eigenvalue weighted by Crippen LogP contribution is -2.03. The molecule has 1 N–H and O–H groups in total. The van der Waals surface area contributed by atoms with Gasteiger partial charge in [-0.2, -0.15) is 0 Å². The third-order valence-electron chi connectivity index (χ3n) is 3.06. The molecule has 0 aliphatic rings. The molecule has 5 nitrogen and oxygen atoms in total. The average Bonchev–Trinajstić information content (AvgIpc) is 2.45. The minimum Gasteiger partial charge on any atom is -0.497 e.